The van der Waals surface area contributed by atoms with Crippen molar-refractivity contribution >= 4 is 17.5 Å². The quantitative estimate of drug-likeness (QED) is 0.893. The second-order valence-electron chi connectivity index (χ2n) is 7.59. The molecule has 3 aliphatic rings. The van der Waals surface area contributed by atoms with E-state index >= 15 is 0 Å². The zero-order valence-electron chi connectivity index (χ0n) is 15.3. The molecule has 1 saturated heterocycles. The summed E-state index contributed by atoms with van der Waals surface area (Å²) < 4.78 is 5.18. The van der Waals surface area contributed by atoms with Crippen LogP contribution in [0.5, 0.6) is 5.75 Å². The second-order valence-corrected chi connectivity index (χ2v) is 7.59. The van der Waals surface area contributed by atoms with Gasteiger partial charge in [-0.1, -0.05) is 18.9 Å². The van der Waals surface area contributed by atoms with Gasteiger partial charge < -0.3 is 15.0 Å². The third kappa shape index (κ3) is 2.79. The molecule has 5 heteroatoms. The first-order valence-corrected chi connectivity index (χ1v) is 9.62. The van der Waals surface area contributed by atoms with Gasteiger partial charge in [-0.3, -0.25) is 9.59 Å². The number of nitrogens with zero attached hydrogens (tertiary/aromatic N) is 1. The maximum Gasteiger partial charge on any atom is 0.236 e. The topological polar surface area (TPSA) is 58.6 Å². The van der Waals surface area contributed by atoms with Gasteiger partial charge in [-0.15, -0.1) is 0 Å². The SMILES string of the molecule is COc1ccc(NC(=O)C23CCC=C2N(C2CCCC2)C(=O)CC3)cc1. The van der Waals surface area contributed by atoms with Crippen LogP contribution in [0, 0.1) is 5.41 Å². The predicted molar refractivity (Wildman–Crippen MR) is 99.7 cm³/mol. The highest BCUT2D eigenvalue weighted by atomic mass is 16.5. The van der Waals surface area contributed by atoms with Crippen LogP contribution in [0.2, 0.25) is 0 Å². The highest BCUT2D eigenvalue weighted by molar-refractivity contribution is 6.00. The maximum atomic E-state index is 13.3. The third-order valence-corrected chi connectivity index (χ3v) is 6.17. The number of anilines is 1. The molecule has 1 saturated carbocycles. The summed E-state index contributed by atoms with van der Waals surface area (Å²) in [6, 6.07) is 7.67. The van der Waals surface area contributed by atoms with Crippen LogP contribution in [0.4, 0.5) is 5.69 Å². The molecular formula is C21H26N2O3. The highest BCUT2D eigenvalue weighted by Gasteiger charge is 2.52. The highest BCUT2D eigenvalue weighted by Crippen LogP contribution is 2.50. The van der Waals surface area contributed by atoms with Crippen LogP contribution >= 0.6 is 0 Å². The molecule has 2 amide bonds. The van der Waals surface area contributed by atoms with Gasteiger partial charge in [-0.05, 0) is 56.4 Å². The van der Waals surface area contributed by atoms with E-state index in [4.69, 9.17) is 4.74 Å². The number of hydrogen-bond acceptors (Lipinski definition) is 3. The molecule has 1 aliphatic heterocycles. The van der Waals surface area contributed by atoms with E-state index in [2.05, 4.69) is 11.4 Å². The minimum atomic E-state index is -0.559. The number of ether oxygens (including phenoxy) is 1. The van der Waals surface area contributed by atoms with Crippen LogP contribution in [0.3, 0.4) is 0 Å². The molecule has 26 heavy (non-hydrogen) atoms. The Bertz CT molecular complexity index is 734. The third-order valence-electron chi connectivity index (χ3n) is 6.17. The lowest BCUT2D eigenvalue weighted by atomic mass is 9.75. The summed E-state index contributed by atoms with van der Waals surface area (Å²) in [6.45, 7) is 0. The molecule has 1 heterocycles. The standard InChI is InChI=1S/C21H26N2O3/c1-26-17-10-8-15(9-11-17)22-20(25)21-13-4-7-18(21)23(19(24)12-14-21)16-5-2-3-6-16/h7-11,16H,2-6,12-14H2,1H3,(H,22,25). The molecule has 0 spiro atoms. The van der Waals surface area contributed by atoms with Crippen molar-refractivity contribution in [3.8, 4) is 5.75 Å². The number of benzene rings is 1. The van der Waals surface area contributed by atoms with Crippen LogP contribution in [0.15, 0.2) is 36.0 Å². The minimum Gasteiger partial charge on any atom is -0.497 e. The van der Waals surface area contributed by atoms with E-state index in [0.717, 1.165) is 42.8 Å². The Morgan fingerprint density at radius 2 is 1.92 bits per heavy atom. The average molecular weight is 354 g/mol. The van der Waals surface area contributed by atoms with Gasteiger partial charge in [0.1, 0.15) is 5.75 Å². The fourth-order valence-electron chi connectivity index (χ4n) is 4.77. The van der Waals surface area contributed by atoms with E-state index in [9.17, 15) is 9.59 Å². The number of carbonyl (C=O) groups excluding carboxylic acids is 2. The monoisotopic (exact) mass is 354 g/mol. The van der Waals surface area contributed by atoms with Crippen molar-refractivity contribution in [3.05, 3.63) is 36.0 Å². The minimum absolute atomic E-state index is 0.0157. The summed E-state index contributed by atoms with van der Waals surface area (Å²) in [7, 11) is 1.62. The molecule has 0 bridgehead atoms. The fraction of sp³-hybridized carbons (Fsp3) is 0.524. The van der Waals surface area contributed by atoms with Crippen molar-refractivity contribution in [2.75, 3.05) is 12.4 Å². The molecule has 1 aromatic carbocycles. The van der Waals surface area contributed by atoms with Crippen LogP contribution in [0.1, 0.15) is 51.4 Å². The van der Waals surface area contributed by atoms with Gasteiger partial charge >= 0.3 is 0 Å². The molecule has 1 unspecified atom stereocenters. The normalized spacial score (nSPS) is 25.8. The Balaban J connectivity index is 1.58. The zero-order chi connectivity index (χ0) is 18.1. The summed E-state index contributed by atoms with van der Waals surface area (Å²) in [5.41, 5.74) is 1.17. The van der Waals surface area contributed by atoms with Crippen LogP contribution in [-0.2, 0) is 9.59 Å². The number of carbonyl (C=O) groups is 2. The van der Waals surface area contributed by atoms with Crippen molar-refractivity contribution in [3.63, 3.8) is 0 Å². The molecule has 0 radical (unpaired) electrons. The Kier molecular flexibility index (Phi) is 4.47. The molecule has 4 rings (SSSR count). The number of rotatable bonds is 4. The Hall–Kier alpha value is -2.30. The first-order valence-electron chi connectivity index (χ1n) is 9.62. The summed E-state index contributed by atoms with van der Waals surface area (Å²) in [5, 5.41) is 3.08. The number of amides is 2. The van der Waals surface area contributed by atoms with Gasteiger partial charge in [0.2, 0.25) is 11.8 Å². The number of piperidine rings is 1. The lowest BCUT2D eigenvalue weighted by Crippen LogP contribution is -2.51. The number of methoxy groups -OCH3 is 1. The summed E-state index contributed by atoms with van der Waals surface area (Å²) >= 11 is 0. The Morgan fingerprint density at radius 1 is 1.19 bits per heavy atom. The van der Waals surface area contributed by atoms with Crippen LogP contribution in [0.25, 0.3) is 0 Å². The molecule has 2 aliphatic carbocycles. The Labute approximate surface area is 154 Å². The van der Waals surface area contributed by atoms with Crippen molar-refractivity contribution in [2.45, 2.75) is 57.4 Å². The van der Waals surface area contributed by atoms with E-state index < -0.39 is 5.41 Å². The molecule has 0 aromatic heterocycles. The van der Waals surface area contributed by atoms with Crippen molar-refractivity contribution in [1.82, 2.24) is 4.90 Å². The lowest BCUT2D eigenvalue weighted by Gasteiger charge is -2.44. The van der Waals surface area contributed by atoms with Gasteiger partial charge in [0.15, 0.2) is 0 Å². The maximum absolute atomic E-state index is 13.3. The number of likely N-dealkylation sites (tertiary alicyclic amines) is 1. The van der Waals surface area contributed by atoms with E-state index in [1.807, 2.05) is 29.2 Å². The van der Waals surface area contributed by atoms with Crippen LogP contribution in [-0.4, -0.2) is 29.9 Å². The number of fused-ring (bicyclic) bond motifs is 1. The first kappa shape index (κ1) is 17.1. The molecule has 1 atom stereocenters. The van der Waals surface area contributed by atoms with Crippen LogP contribution < -0.4 is 10.1 Å². The zero-order valence-corrected chi connectivity index (χ0v) is 15.3. The number of hydrogen-bond donors (Lipinski definition) is 1. The number of nitrogens with one attached hydrogen (secondary N) is 1. The molecule has 2 fully saturated rings. The van der Waals surface area contributed by atoms with E-state index in [0.29, 0.717) is 12.8 Å². The second kappa shape index (κ2) is 6.78. The van der Waals surface area contributed by atoms with Gasteiger partial charge in [0.25, 0.3) is 0 Å². The first-order chi connectivity index (χ1) is 12.6. The Morgan fingerprint density at radius 3 is 2.62 bits per heavy atom. The van der Waals surface area contributed by atoms with Gasteiger partial charge in [-0.25, -0.2) is 0 Å². The van der Waals surface area contributed by atoms with Crippen molar-refractivity contribution in [2.24, 2.45) is 5.41 Å². The van der Waals surface area contributed by atoms with E-state index in [1.165, 1.54) is 12.8 Å². The van der Waals surface area contributed by atoms with Crippen molar-refractivity contribution < 1.29 is 14.3 Å². The van der Waals surface area contributed by atoms with E-state index in [1.54, 1.807) is 7.11 Å². The molecule has 1 N–H and O–H groups in total. The van der Waals surface area contributed by atoms with Gasteiger partial charge in [0.05, 0.1) is 12.5 Å². The summed E-state index contributed by atoms with van der Waals surface area (Å²) in [5.74, 6) is 0.970. The smallest absolute Gasteiger partial charge is 0.236 e. The fourth-order valence-corrected chi connectivity index (χ4v) is 4.77. The average Bonchev–Trinajstić information content (AvgIpc) is 3.32. The number of allylic oxidation sites excluding steroid dienone is 1. The summed E-state index contributed by atoms with van der Waals surface area (Å²) in [4.78, 5) is 27.9. The largest absolute Gasteiger partial charge is 0.497 e. The van der Waals surface area contributed by atoms with Gasteiger partial charge in [0, 0.05) is 23.8 Å². The van der Waals surface area contributed by atoms with E-state index in [-0.39, 0.29) is 17.9 Å². The molecule has 5 nitrogen and oxygen atoms in total. The molecule has 138 valence electrons. The predicted octanol–water partition coefficient (Wildman–Crippen LogP) is 3.86. The van der Waals surface area contributed by atoms with Crippen molar-refractivity contribution in [1.29, 1.82) is 0 Å². The molecular weight excluding hydrogens is 328 g/mol. The van der Waals surface area contributed by atoms with Gasteiger partial charge in [-0.2, -0.15) is 0 Å². The summed E-state index contributed by atoms with van der Waals surface area (Å²) in [6.07, 6.45) is 9.32. The lowest BCUT2D eigenvalue weighted by molar-refractivity contribution is -0.139. The molecule has 1 aromatic rings.